The van der Waals surface area contributed by atoms with Gasteiger partial charge in [0.1, 0.15) is 11.6 Å². The van der Waals surface area contributed by atoms with Crippen LogP contribution < -0.4 is 10.5 Å². The SMILES string of the molecule is CN(C)C(=O)CCCOc1cccc(F)c1CN. The number of nitrogens with zero attached hydrogens (tertiary/aromatic N) is 1. The monoisotopic (exact) mass is 254 g/mol. The molecule has 4 nitrogen and oxygen atoms in total. The molecule has 0 fully saturated rings. The van der Waals surface area contributed by atoms with Crippen molar-refractivity contribution >= 4 is 5.91 Å². The van der Waals surface area contributed by atoms with Gasteiger partial charge in [-0.1, -0.05) is 6.07 Å². The molecule has 0 aliphatic carbocycles. The fraction of sp³-hybridized carbons (Fsp3) is 0.462. The molecule has 0 bridgehead atoms. The number of rotatable bonds is 6. The van der Waals surface area contributed by atoms with Gasteiger partial charge >= 0.3 is 0 Å². The van der Waals surface area contributed by atoms with E-state index in [0.29, 0.717) is 30.8 Å². The summed E-state index contributed by atoms with van der Waals surface area (Å²) in [5.74, 6) is 0.145. The van der Waals surface area contributed by atoms with E-state index in [2.05, 4.69) is 0 Å². The first-order valence-corrected chi connectivity index (χ1v) is 5.86. The molecule has 1 amide bonds. The lowest BCUT2D eigenvalue weighted by Crippen LogP contribution is -2.21. The van der Waals surface area contributed by atoms with Crippen molar-refractivity contribution in [2.45, 2.75) is 19.4 Å². The quantitative estimate of drug-likeness (QED) is 0.783. The first-order chi connectivity index (χ1) is 8.56. The summed E-state index contributed by atoms with van der Waals surface area (Å²) in [5.41, 5.74) is 5.83. The Bertz CT molecular complexity index is 408. The van der Waals surface area contributed by atoms with E-state index in [1.165, 1.54) is 11.0 Å². The van der Waals surface area contributed by atoms with E-state index < -0.39 is 0 Å². The highest BCUT2D eigenvalue weighted by molar-refractivity contribution is 5.75. The molecule has 0 saturated heterocycles. The van der Waals surface area contributed by atoms with E-state index in [9.17, 15) is 9.18 Å². The van der Waals surface area contributed by atoms with Crippen molar-refractivity contribution in [2.24, 2.45) is 5.73 Å². The lowest BCUT2D eigenvalue weighted by Gasteiger charge is -2.12. The van der Waals surface area contributed by atoms with Crippen molar-refractivity contribution in [2.75, 3.05) is 20.7 Å². The zero-order chi connectivity index (χ0) is 13.5. The van der Waals surface area contributed by atoms with Crippen LogP contribution in [0.25, 0.3) is 0 Å². The van der Waals surface area contributed by atoms with E-state index in [-0.39, 0.29) is 18.3 Å². The maximum atomic E-state index is 13.4. The first-order valence-electron chi connectivity index (χ1n) is 5.86. The fourth-order valence-electron chi connectivity index (χ4n) is 1.50. The molecule has 0 aliphatic rings. The number of hydrogen-bond donors (Lipinski definition) is 1. The number of carbonyl (C=O) groups is 1. The maximum absolute atomic E-state index is 13.4. The second-order valence-corrected chi connectivity index (χ2v) is 4.16. The van der Waals surface area contributed by atoms with Gasteiger partial charge in [0.25, 0.3) is 0 Å². The van der Waals surface area contributed by atoms with Crippen LogP contribution in [-0.4, -0.2) is 31.5 Å². The number of hydrogen-bond acceptors (Lipinski definition) is 3. The van der Waals surface area contributed by atoms with Crippen LogP contribution in [0.2, 0.25) is 0 Å². The highest BCUT2D eigenvalue weighted by atomic mass is 19.1. The predicted molar refractivity (Wildman–Crippen MR) is 67.7 cm³/mol. The van der Waals surface area contributed by atoms with E-state index in [1.54, 1.807) is 26.2 Å². The topological polar surface area (TPSA) is 55.6 Å². The van der Waals surface area contributed by atoms with Gasteiger partial charge in [-0.05, 0) is 18.6 Å². The molecule has 0 unspecified atom stereocenters. The van der Waals surface area contributed by atoms with Crippen LogP contribution in [0.1, 0.15) is 18.4 Å². The van der Waals surface area contributed by atoms with Crippen molar-refractivity contribution in [3.8, 4) is 5.75 Å². The van der Waals surface area contributed by atoms with Crippen molar-refractivity contribution < 1.29 is 13.9 Å². The van der Waals surface area contributed by atoms with Gasteiger partial charge in [-0.15, -0.1) is 0 Å². The number of ether oxygens (including phenoxy) is 1. The molecule has 0 saturated carbocycles. The van der Waals surface area contributed by atoms with Crippen LogP contribution in [0.15, 0.2) is 18.2 Å². The van der Waals surface area contributed by atoms with Crippen molar-refractivity contribution in [3.05, 3.63) is 29.6 Å². The number of carbonyl (C=O) groups excluding carboxylic acids is 1. The lowest BCUT2D eigenvalue weighted by molar-refractivity contribution is -0.128. The van der Waals surface area contributed by atoms with Gasteiger partial charge in [0.05, 0.1) is 6.61 Å². The maximum Gasteiger partial charge on any atom is 0.222 e. The molecule has 0 heterocycles. The molecule has 0 spiro atoms. The third-order valence-corrected chi connectivity index (χ3v) is 2.57. The minimum atomic E-state index is -0.362. The number of benzene rings is 1. The third-order valence-electron chi connectivity index (χ3n) is 2.57. The Hall–Kier alpha value is -1.62. The van der Waals surface area contributed by atoms with Crippen LogP contribution in [-0.2, 0) is 11.3 Å². The van der Waals surface area contributed by atoms with Crippen LogP contribution in [0, 0.1) is 5.82 Å². The highest BCUT2D eigenvalue weighted by Crippen LogP contribution is 2.21. The zero-order valence-electron chi connectivity index (χ0n) is 10.8. The summed E-state index contributed by atoms with van der Waals surface area (Å²) in [6.07, 6.45) is 1.01. The Morgan fingerprint density at radius 2 is 2.17 bits per heavy atom. The van der Waals surface area contributed by atoms with Crippen molar-refractivity contribution in [1.29, 1.82) is 0 Å². The Morgan fingerprint density at radius 1 is 1.44 bits per heavy atom. The summed E-state index contributed by atoms with van der Waals surface area (Å²) in [4.78, 5) is 12.9. The minimum Gasteiger partial charge on any atom is -0.493 e. The second kappa shape index (κ2) is 6.96. The number of halogens is 1. The normalized spacial score (nSPS) is 10.2. The second-order valence-electron chi connectivity index (χ2n) is 4.16. The number of amides is 1. The molecule has 1 aromatic carbocycles. The molecule has 5 heteroatoms. The molecular weight excluding hydrogens is 235 g/mol. The smallest absolute Gasteiger partial charge is 0.222 e. The molecule has 0 atom stereocenters. The zero-order valence-corrected chi connectivity index (χ0v) is 10.8. The molecule has 1 aromatic rings. The molecule has 2 N–H and O–H groups in total. The Kier molecular flexibility index (Phi) is 5.58. The van der Waals surface area contributed by atoms with Gasteiger partial charge in [0.2, 0.25) is 5.91 Å². The van der Waals surface area contributed by atoms with Crippen LogP contribution in [0.3, 0.4) is 0 Å². The van der Waals surface area contributed by atoms with Gasteiger partial charge in [-0.3, -0.25) is 4.79 Å². The molecule has 100 valence electrons. The van der Waals surface area contributed by atoms with Crippen LogP contribution in [0.4, 0.5) is 4.39 Å². The van der Waals surface area contributed by atoms with Crippen LogP contribution in [0.5, 0.6) is 5.75 Å². The van der Waals surface area contributed by atoms with Gasteiger partial charge < -0.3 is 15.4 Å². The molecule has 18 heavy (non-hydrogen) atoms. The van der Waals surface area contributed by atoms with Crippen molar-refractivity contribution in [3.63, 3.8) is 0 Å². The van der Waals surface area contributed by atoms with E-state index in [0.717, 1.165) is 0 Å². The summed E-state index contributed by atoms with van der Waals surface area (Å²) >= 11 is 0. The number of nitrogens with two attached hydrogens (primary N) is 1. The van der Waals surface area contributed by atoms with Crippen LogP contribution >= 0.6 is 0 Å². The fourth-order valence-corrected chi connectivity index (χ4v) is 1.50. The molecule has 0 aromatic heterocycles. The van der Waals surface area contributed by atoms with E-state index in [1.807, 2.05) is 0 Å². The van der Waals surface area contributed by atoms with Crippen molar-refractivity contribution in [1.82, 2.24) is 4.90 Å². The highest BCUT2D eigenvalue weighted by Gasteiger charge is 2.08. The van der Waals surface area contributed by atoms with Gasteiger partial charge in [-0.25, -0.2) is 4.39 Å². The molecular formula is C13H19FN2O2. The van der Waals surface area contributed by atoms with E-state index in [4.69, 9.17) is 10.5 Å². The average molecular weight is 254 g/mol. The summed E-state index contributed by atoms with van der Waals surface area (Å²) in [6, 6.07) is 4.61. The van der Waals surface area contributed by atoms with E-state index >= 15 is 0 Å². The Labute approximate surface area is 107 Å². The summed E-state index contributed by atoms with van der Waals surface area (Å²) < 4.78 is 18.8. The standard InChI is InChI=1S/C13H19FN2O2/c1-16(2)13(17)7-4-8-18-12-6-3-5-11(14)10(12)9-15/h3,5-6H,4,7-9,15H2,1-2H3. The Morgan fingerprint density at radius 3 is 2.78 bits per heavy atom. The summed E-state index contributed by atoms with van der Waals surface area (Å²) in [6.45, 7) is 0.467. The minimum absolute atomic E-state index is 0.0527. The lowest BCUT2D eigenvalue weighted by atomic mass is 10.2. The summed E-state index contributed by atoms with van der Waals surface area (Å²) in [7, 11) is 3.42. The van der Waals surface area contributed by atoms with Gasteiger partial charge in [-0.2, -0.15) is 0 Å². The molecule has 1 rings (SSSR count). The third kappa shape index (κ3) is 4.00. The summed E-state index contributed by atoms with van der Waals surface area (Å²) in [5, 5.41) is 0. The first kappa shape index (κ1) is 14.4. The average Bonchev–Trinajstić information content (AvgIpc) is 2.34. The van der Waals surface area contributed by atoms with Gasteiger partial charge in [0.15, 0.2) is 0 Å². The molecule has 0 aliphatic heterocycles. The largest absolute Gasteiger partial charge is 0.493 e. The Balaban J connectivity index is 2.45. The predicted octanol–water partition coefficient (Wildman–Crippen LogP) is 1.53. The molecule has 0 radical (unpaired) electrons. The van der Waals surface area contributed by atoms with Gasteiger partial charge in [0, 0.05) is 32.6 Å².